The zero-order valence-corrected chi connectivity index (χ0v) is 9.97. The molecule has 1 aromatic heterocycles. The number of thiophene rings is 1. The Morgan fingerprint density at radius 1 is 1.38 bits per heavy atom. The van der Waals surface area contributed by atoms with E-state index in [0.29, 0.717) is 0 Å². The van der Waals surface area contributed by atoms with E-state index in [9.17, 15) is 10.2 Å². The van der Waals surface area contributed by atoms with Crippen molar-refractivity contribution in [3.63, 3.8) is 0 Å². The highest BCUT2D eigenvalue weighted by Crippen LogP contribution is 2.32. The van der Waals surface area contributed by atoms with E-state index in [1.165, 1.54) is 11.3 Å². The molecule has 0 aromatic carbocycles. The normalized spacial score (nSPS) is 16.2. The smallest absolute Gasteiger partial charge is 0.115 e. The lowest BCUT2D eigenvalue weighted by molar-refractivity contribution is -0.00779. The van der Waals surface area contributed by atoms with Crippen molar-refractivity contribution in [2.24, 2.45) is 5.92 Å². The van der Waals surface area contributed by atoms with Crippen LogP contribution in [0.1, 0.15) is 24.8 Å². The van der Waals surface area contributed by atoms with Crippen LogP contribution in [-0.4, -0.2) is 16.3 Å². The minimum atomic E-state index is -0.783. The predicted octanol–water partition coefficient (Wildman–Crippen LogP) is 2.56. The Morgan fingerprint density at radius 3 is 2.38 bits per heavy atom. The monoisotopic (exact) mass is 264 g/mol. The first-order chi connectivity index (χ1) is 6.04. The fourth-order valence-electron chi connectivity index (χ4n) is 1.04. The van der Waals surface area contributed by atoms with E-state index in [2.05, 4.69) is 15.9 Å². The first-order valence-electron chi connectivity index (χ1n) is 4.13. The lowest BCUT2D eigenvalue weighted by Gasteiger charge is -2.20. The van der Waals surface area contributed by atoms with Gasteiger partial charge in [-0.2, -0.15) is 0 Å². The van der Waals surface area contributed by atoms with Crippen molar-refractivity contribution < 1.29 is 10.2 Å². The summed E-state index contributed by atoms with van der Waals surface area (Å²) < 4.78 is 0.865. The first kappa shape index (κ1) is 11.2. The van der Waals surface area contributed by atoms with Crippen LogP contribution in [0.4, 0.5) is 0 Å². The summed E-state index contributed by atoms with van der Waals surface area (Å²) in [6.07, 6.45) is -1.48. The molecule has 13 heavy (non-hydrogen) atoms. The first-order valence-corrected chi connectivity index (χ1v) is 5.80. The number of hydrogen-bond acceptors (Lipinski definition) is 3. The molecule has 1 aromatic rings. The van der Waals surface area contributed by atoms with Gasteiger partial charge in [-0.25, -0.2) is 0 Å². The van der Waals surface area contributed by atoms with E-state index in [4.69, 9.17) is 0 Å². The summed E-state index contributed by atoms with van der Waals surface area (Å²) in [5.74, 6) is 0.0593. The van der Waals surface area contributed by atoms with Crippen LogP contribution in [0.2, 0.25) is 0 Å². The summed E-state index contributed by atoms with van der Waals surface area (Å²) in [5, 5.41) is 21.3. The summed E-state index contributed by atoms with van der Waals surface area (Å²) in [7, 11) is 0. The van der Waals surface area contributed by atoms with Gasteiger partial charge in [0.2, 0.25) is 0 Å². The van der Waals surface area contributed by atoms with Gasteiger partial charge in [0.25, 0.3) is 0 Å². The molecule has 2 nitrogen and oxygen atoms in total. The molecule has 1 rings (SSSR count). The second-order valence-corrected chi connectivity index (χ2v) is 5.11. The van der Waals surface area contributed by atoms with Crippen molar-refractivity contribution in [1.82, 2.24) is 0 Å². The van der Waals surface area contributed by atoms with Crippen LogP contribution in [0.3, 0.4) is 0 Å². The Bertz CT molecular complexity index is 272. The molecule has 74 valence electrons. The molecule has 2 unspecified atom stereocenters. The molecule has 1 heterocycles. The molecule has 2 atom stereocenters. The Labute approximate surface area is 90.4 Å². The zero-order valence-electron chi connectivity index (χ0n) is 7.57. The highest BCUT2D eigenvalue weighted by atomic mass is 79.9. The molecule has 0 fully saturated rings. The summed E-state index contributed by atoms with van der Waals surface area (Å²) in [5.41, 5.74) is 0. The van der Waals surface area contributed by atoms with Crippen molar-refractivity contribution >= 4 is 27.3 Å². The van der Waals surface area contributed by atoms with Gasteiger partial charge in [-0.05, 0) is 33.3 Å². The molecular weight excluding hydrogens is 252 g/mol. The average molecular weight is 265 g/mol. The Kier molecular flexibility index (Phi) is 3.91. The van der Waals surface area contributed by atoms with Gasteiger partial charge in [-0.3, -0.25) is 0 Å². The summed E-state index contributed by atoms with van der Waals surface area (Å²) in [4.78, 5) is 0.793. The Morgan fingerprint density at radius 2 is 2.00 bits per heavy atom. The quantitative estimate of drug-likeness (QED) is 0.881. The number of aliphatic hydroxyl groups is 2. The minimum absolute atomic E-state index is 0.0593. The predicted molar refractivity (Wildman–Crippen MR) is 57.8 cm³/mol. The molecule has 0 bridgehead atoms. The maximum atomic E-state index is 9.76. The van der Waals surface area contributed by atoms with Crippen molar-refractivity contribution in [2.45, 2.75) is 26.1 Å². The van der Waals surface area contributed by atoms with Gasteiger partial charge < -0.3 is 10.2 Å². The van der Waals surface area contributed by atoms with Crippen LogP contribution in [0.15, 0.2) is 15.9 Å². The van der Waals surface area contributed by atoms with Gasteiger partial charge in [0, 0.05) is 9.35 Å². The molecule has 0 saturated carbocycles. The molecule has 0 spiro atoms. The van der Waals surface area contributed by atoms with E-state index in [1.807, 2.05) is 25.3 Å². The van der Waals surface area contributed by atoms with Gasteiger partial charge in [-0.1, -0.05) is 13.8 Å². The fourth-order valence-corrected chi connectivity index (χ4v) is 2.67. The van der Waals surface area contributed by atoms with Crippen molar-refractivity contribution in [3.05, 3.63) is 20.8 Å². The maximum absolute atomic E-state index is 9.76. The van der Waals surface area contributed by atoms with E-state index >= 15 is 0 Å². The van der Waals surface area contributed by atoms with Crippen molar-refractivity contribution in [1.29, 1.82) is 0 Å². The summed E-state index contributed by atoms with van der Waals surface area (Å²) in [6.45, 7) is 3.77. The lowest BCUT2D eigenvalue weighted by Crippen LogP contribution is -2.23. The van der Waals surface area contributed by atoms with Gasteiger partial charge in [0.05, 0.1) is 6.10 Å². The third kappa shape index (κ3) is 2.53. The Hall–Kier alpha value is 0.100. The number of rotatable bonds is 3. The van der Waals surface area contributed by atoms with E-state index < -0.39 is 12.2 Å². The van der Waals surface area contributed by atoms with E-state index in [1.54, 1.807) is 0 Å². The SMILES string of the molecule is CC(C)C(O)C(O)c1sccc1Br. The number of halogens is 1. The van der Waals surface area contributed by atoms with Gasteiger partial charge >= 0.3 is 0 Å². The minimum Gasteiger partial charge on any atom is -0.390 e. The lowest BCUT2D eigenvalue weighted by atomic mass is 10.0. The fraction of sp³-hybridized carbons (Fsp3) is 0.556. The van der Waals surface area contributed by atoms with Crippen molar-refractivity contribution in [3.8, 4) is 0 Å². The van der Waals surface area contributed by atoms with Crippen LogP contribution in [0, 0.1) is 5.92 Å². The third-order valence-electron chi connectivity index (χ3n) is 1.92. The molecule has 0 aliphatic rings. The molecule has 0 amide bonds. The molecule has 4 heteroatoms. The van der Waals surface area contributed by atoms with Crippen LogP contribution in [0.25, 0.3) is 0 Å². The van der Waals surface area contributed by atoms with Gasteiger partial charge in [0.15, 0.2) is 0 Å². The second-order valence-electron chi connectivity index (χ2n) is 3.31. The molecule has 0 saturated heterocycles. The van der Waals surface area contributed by atoms with Crippen LogP contribution >= 0.6 is 27.3 Å². The third-order valence-corrected chi connectivity index (χ3v) is 3.86. The molecule has 2 N–H and O–H groups in total. The molecule has 0 aliphatic carbocycles. The van der Waals surface area contributed by atoms with E-state index in [0.717, 1.165) is 9.35 Å². The number of hydrogen-bond donors (Lipinski definition) is 2. The van der Waals surface area contributed by atoms with Gasteiger partial charge in [0.1, 0.15) is 6.10 Å². The largest absolute Gasteiger partial charge is 0.390 e. The Balaban J connectivity index is 2.79. The highest BCUT2D eigenvalue weighted by molar-refractivity contribution is 9.10. The van der Waals surface area contributed by atoms with E-state index in [-0.39, 0.29) is 5.92 Å². The second kappa shape index (κ2) is 4.55. The molecule has 0 aliphatic heterocycles. The molecule has 0 radical (unpaired) electrons. The van der Waals surface area contributed by atoms with Crippen LogP contribution in [0.5, 0.6) is 0 Å². The number of aliphatic hydroxyl groups excluding tert-OH is 2. The summed E-state index contributed by atoms with van der Waals surface area (Å²) >= 11 is 4.77. The summed E-state index contributed by atoms with van der Waals surface area (Å²) in [6, 6.07) is 1.87. The standard InChI is InChI=1S/C9H13BrO2S/c1-5(2)7(11)8(12)9-6(10)3-4-13-9/h3-5,7-8,11-12H,1-2H3. The van der Waals surface area contributed by atoms with Gasteiger partial charge in [-0.15, -0.1) is 11.3 Å². The van der Waals surface area contributed by atoms with Crippen LogP contribution in [-0.2, 0) is 0 Å². The highest BCUT2D eigenvalue weighted by Gasteiger charge is 2.23. The molecular formula is C9H13BrO2S. The topological polar surface area (TPSA) is 40.5 Å². The van der Waals surface area contributed by atoms with Crippen molar-refractivity contribution in [2.75, 3.05) is 0 Å². The maximum Gasteiger partial charge on any atom is 0.115 e. The zero-order chi connectivity index (χ0) is 10.0. The van der Waals surface area contributed by atoms with Crippen LogP contribution < -0.4 is 0 Å². The average Bonchev–Trinajstić information content (AvgIpc) is 2.48.